The van der Waals surface area contributed by atoms with Crippen LogP contribution in [0.4, 0.5) is 5.69 Å². The second kappa shape index (κ2) is 9.39. The van der Waals surface area contributed by atoms with Gasteiger partial charge in [0.05, 0.1) is 13.2 Å². The minimum Gasteiger partial charge on any atom is -0.380 e. The van der Waals surface area contributed by atoms with Crippen LogP contribution in [0.1, 0.15) is 11.1 Å². The largest absolute Gasteiger partial charge is 0.380 e. The van der Waals surface area contributed by atoms with Gasteiger partial charge in [0.15, 0.2) is 5.96 Å². The molecule has 4 nitrogen and oxygen atoms in total. The van der Waals surface area contributed by atoms with E-state index < -0.39 is 0 Å². The Bertz CT molecular complexity index is 864. The minimum absolute atomic E-state index is 0. The van der Waals surface area contributed by atoms with Gasteiger partial charge in [-0.3, -0.25) is 0 Å². The van der Waals surface area contributed by atoms with Gasteiger partial charge < -0.3 is 15.8 Å². The van der Waals surface area contributed by atoms with Crippen LogP contribution in [0.5, 0.6) is 0 Å². The zero-order chi connectivity index (χ0) is 16.8. The zero-order valence-electron chi connectivity index (χ0n) is 14.1. The van der Waals surface area contributed by atoms with E-state index in [4.69, 9.17) is 10.5 Å². The average Bonchev–Trinajstić information content (AvgIpc) is 2.62. The summed E-state index contributed by atoms with van der Waals surface area (Å²) in [5.74, 6) is 0.395. The number of fused-ring (bicyclic) bond motifs is 1. The summed E-state index contributed by atoms with van der Waals surface area (Å²) in [4.78, 5) is 4.44. The molecule has 0 aliphatic carbocycles. The van der Waals surface area contributed by atoms with Gasteiger partial charge in [-0.15, -0.1) is 24.0 Å². The van der Waals surface area contributed by atoms with Gasteiger partial charge in [0, 0.05) is 18.4 Å². The summed E-state index contributed by atoms with van der Waals surface area (Å²) in [7, 11) is 1.67. The van der Waals surface area contributed by atoms with Crippen molar-refractivity contribution in [2.45, 2.75) is 13.2 Å². The topological polar surface area (TPSA) is 59.6 Å². The highest BCUT2D eigenvalue weighted by Crippen LogP contribution is 2.17. The fourth-order valence-electron chi connectivity index (χ4n) is 2.61. The molecule has 5 heteroatoms. The lowest BCUT2D eigenvalue weighted by Crippen LogP contribution is -2.23. The van der Waals surface area contributed by atoms with Gasteiger partial charge in [-0.2, -0.15) is 0 Å². The van der Waals surface area contributed by atoms with Crippen LogP contribution in [0.25, 0.3) is 10.8 Å². The fraction of sp³-hybridized carbons (Fsp3) is 0.150. The van der Waals surface area contributed by atoms with Crippen LogP contribution in [0.2, 0.25) is 0 Å². The fourth-order valence-corrected chi connectivity index (χ4v) is 2.61. The third-order valence-electron chi connectivity index (χ3n) is 3.83. The van der Waals surface area contributed by atoms with Gasteiger partial charge >= 0.3 is 0 Å². The van der Waals surface area contributed by atoms with Crippen LogP contribution in [0, 0.1) is 0 Å². The maximum Gasteiger partial charge on any atom is 0.193 e. The molecule has 0 aromatic heterocycles. The predicted octanol–water partition coefficient (Wildman–Crippen LogP) is 4.53. The molecule has 0 heterocycles. The first-order chi connectivity index (χ1) is 11.8. The van der Waals surface area contributed by atoms with E-state index >= 15 is 0 Å². The lowest BCUT2D eigenvalue weighted by molar-refractivity contribution is 0.185. The molecule has 0 fully saturated rings. The van der Waals surface area contributed by atoms with Crippen LogP contribution >= 0.6 is 24.0 Å². The van der Waals surface area contributed by atoms with Crippen LogP contribution < -0.4 is 11.1 Å². The SMILES string of the molecule is COCc1ccccc1NC(N)=NCc1ccc2ccccc2c1.I. The first kappa shape index (κ1) is 19.2. The van der Waals surface area contributed by atoms with E-state index in [0.717, 1.165) is 16.8 Å². The summed E-state index contributed by atoms with van der Waals surface area (Å²) in [6.45, 7) is 1.07. The number of nitrogens with two attached hydrogens (primary N) is 1. The highest BCUT2D eigenvalue weighted by Gasteiger charge is 2.02. The van der Waals surface area contributed by atoms with Gasteiger partial charge in [-0.1, -0.05) is 54.6 Å². The summed E-state index contributed by atoms with van der Waals surface area (Å²) in [6, 6.07) is 22.5. The van der Waals surface area contributed by atoms with Gasteiger partial charge in [0.2, 0.25) is 0 Å². The molecule has 0 spiro atoms. The second-order valence-corrected chi connectivity index (χ2v) is 5.60. The molecule has 0 amide bonds. The van der Waals surface area contributed by atoms with Crippen LogP contribution in [-0.4, -0.2) is 13.1 Å². The summed E-state index contributed by atoms with van der Waals surface area (Å²) in [5.41, 5.74) is 9.12. The average molecular weight is 447 g/mol. The maximum absolute atomic E-state index is 6.03. The Balaban J connectivity index is 0.00000225. The highest BCUT2D eigenvalue weighted by atomic mass is 127. The molecular formula is C20H22IN3O. The van der Waals surface area contributed by atoms with Gasteiger partial charge in [0.25, 0.3) is 0 Å². The number of anilines is 1. The molecule has 3 aromatic rings. The Morgan fingerprint density at radius 1 is 1.00 bits per heavy atom. The van der Waals surface area contributed by atoms with Crippen molar-refractivity contribution < 1.29 is 4.74 Å². The van der Waals surface area contributed by atoms with E-state index in [1.54, 1.807) is 7.11 Å². The van der Waals surface area contributed by atoms with E-state index in [1.165, 1.54) is 10.8 Å². The number of rotatable bonds is 5. The Hall–Kier alpha value is -2.12. The van der Waals surface area contributed by atoms with E-state index in [2.05, 4.69) is 40.6 Å². The van der Waals surface area contributed by atoms with Crippen molar-refractivity contribution in [1.29, 1.82) is 0 Å². The molecule has 0 saturated carbocycles. The molecule has 3 N–H and O–H groups in total. The van der Waals surface area contributed by atoms with Crippen molar-refractivity contribution in [3.05, 3.63) is 77.9 Å². The van der Waals surface area contributed by atoms with E-state index in [-0.39, 0.29) is 24.0 Å². The number of hydrogen-bond acceptors (Lipinski definition) is 2. The number of methoxy groups -OCH3 is 1. The molecule has 3 aromatic carbocycles. The Kier molecular flexibility index (Phi) is 7.21. The van der Waals surface area contributed by atoms with Crippen LogP contribution in [-0.2, 0) is 17.9 Å². The molecule has 0 aliphatic heterocycles. The Morgan fingerprint density at radius 3 is 2.52 bits per heavy atom. The molecule has 0 atom stereocenters. The number of ether oxygens (including phenoxy) is 1. The van der Waals surface area contributed by atoms with Gasteiger partial charge in [0.1, 0.15) is 0 Å². The predicted molar refractivity (Wildman–Crippen MR) is 115 cm³/mol. The van der Waals surface area contributed by atoms with Crippen molar-refractivity contribution in [1.82, 2.24) is 0 Å². The number of hydrogen-bond donors (Lipinski definition) is 2. The number of benzene rings is 3. The van der Waals surface area contributed by atoms with Crippen LogP contribution in [0.3, 0.4) is 0 Å². The first-order valence-corrected chi connectivity index (χ1v) is 7.88. The van der Waals surface area contributed by atoms with Crippen LogP contribution in [0.15, 0.2) is 71.7 Å². The molecule has 0 saturated heterocycles. The molecule has 0 aliphatic rings. The monoisotopic (exact) mass is 447 g/mol. The zero-order valence-corrected chi connectivity index (χ0v) is 16.4. The smallest absolute Gasteiger partial charge is 0.193 e. The minimum atomic E-state index is 0. The number of nitrogens with one attached hydrogen (secondary N) is 1. The summed E-state index contributed by atoms with van der Waals surface area (Å²) >= 11 is 0. The lowest BCUT2D eigenvalue weighted by atomic mass is 10.1. The van der Waals surface area contributed by atoms with Gasteiger partial charge in [-0.25, -0.2) is 4.99 Å². The van der Waals surface area contributed by atoms with E-state index in [1.807, 2.05) is 36.4 Å². The quantitative estimate of drug-likeness (QED) is 0.343. The summed E-state index contributed by atoms with van der Waals surface area (Å²) in [5, 5.41) is 5.59. The summed E-state index contributed by atoms with van der Waals surface area (Å²) in [6.07, 6.45) is 0. The highest BCUT2D eigenvalue weighted by molar-refractivity contribution is 14.0. The number of aliphatic imine (C=N–C) groups is 1. The van der Waals surface area contributed by atoms with Crippen molar-refractivity contribution in [3.8, 4) is 0 Å². The van der Waals surface area contributed by atoms with Crippen molar-refractivity contribution >= 4 is 46.4 Å². The number of guanidine groups is 1. The second-order valence-electron chi connectivity index (χ2n) is 5.60. The Morgan fingerprint density at radius 2 is 1.72 bits per heavy atom. The standard InChI is InChI=1S/C20H21N3O.HI/c1-24-14-18-8-4-5-9-19(18)23-20(21)22-13-15-10-11-16-6-2-3-7-17(16)12-15;/h2-12H,13-14H2,1H3,(H3,21,22,23);1H. The molecule has 0 unspecified atom stereocenters. The third kappa shape index (κ3) is 5.17. The third-order valence-corrected chi connectivity index (χ3v) is 3.83. The van der Waals surface area contributed by atoms with E-state index in [9.17, 15) is 0 Å². The number of para-hydroxylation sites is 1. The van der Waals surface area contributed by atoms with Crippen molar-refractivity contribution in [2.75, 3.05) is 12.4 Å². The lowest BCUT2D eigenvalue weighted by Gasteiger charge is -2.11. The first-order valence-electron chi connectivity index (χ1n) is 7.88. The van der Waals surface area contributed by atoms with Gasteiger partial charge in [-0.05, 0) is 28.5 Å². The van der Waals surface area contributed by atoms with E-state index in [0.29, 0.717) is 19.1 Å². The maximum atomic E-state index is 6.03. The molecule has 3 rings (SSSR count). The molecule has 0 bridgehead atoms. The molecule has 0 radical (unpaired) electrons. The summed E-state index contributed by atoms with van der Waals surface area (Å²) < 4.78 is 5.20. The molecule has 25 heavy (non-hydrogen) atoms. The number of halogens is 1. The van der Waals surface area contributed by atoms with Crippen molar-refractivity contribution in [3.63, 3.8) is 0 Å². The molecular weight excluding hydrogens is 425 g/mol. The van der Waals surface area contributed by atoms with Crippen molar-refractivity contribution in [2.24, 2.45) is 10.7 Å². The number of nitrogens with zero attached hydrogens (tertiary/aromatic N) is 1. The normalized spacial score (nSPS) is 11.2. The Labute approximate surface area is 165 Å². The molecule has 130 valence electrons.